The first-order chi connectivity index (χ1) is 10.0. The Balaban J connectivity index is 1.94. The van der Waals surface area contributed by atoms with Gasteiger partial charge in [-0.25, -0.2) is 13.1 Å². The summed E-state index contributed by atoms with van der Waals surface area (Å²) in [4.78, 5) is 11.6. The molecular weight excluding hydrogens is 294 g/mol. The number of rotatable bonds is 7. The second-order valence-corrected chi connectivity index (χ2v) is 6.51. The van der Waals surface area contributed by atoms with Crippen LogP contribution in [0.1, 0.15) is 17.5 Å². The molecular formula is C13H19N3O4S. The lowest BCUT2D eigenvalue weighted by molar-refractivity contribution is -0.119. The number of amides is 1. The molecule has 0 fully saturated rings. The molecule has 0 bridgehead atoms. The molecule has 0 saturated heterocycles. The quantitative estimate of drug-likeness (QED) is 0.586. The van der Waals surface area contributed by atoms with E-state index in [1.807, 2.05) is 0 Å². The fourth-order valence-electron chi connectivity index (χ4n) is 1.95. The van der Waals surface area contributed by atoms with Crippen LogP contribution in [0, 0.1) is 0 Å². The number of hydrogen-bond donors (Lipinski definition) is 3. The molecule has 1 heterocycles. The third kappa shape index (κ3) is 4.24. The lowest BCUT2D eigenvalue weighted by atomic mass is 10.1. The maximum absolute atomic E-state index is 12.1. The highest BCUT2D eigenvalue weighted by molar-refractivity contribution is 7.89. The molecule has 0 unspecified atom stereocenters. The van der Waals surface area contributed by atoms with Gasteiger partial charge in [0.2, 0.25) is 15.9 Å². The van der Waals surface area contributed by atoms with Crippen LogP contribution < -0.4 is 15.8 Å². The summed E-state index contributed by atoms with van der Waals surface area (Å²) in [5, 5.41) is 2.58. The van der Waals surface area contributed by atoms with Gasteiger partial charge in [0.1, 0.15) is 0 Å². The molecule has 8 heteroatoms. The number of hydrogen-bond acceptors (Lipinski definition) is 5. The minimum Gasteiger partial charge on any atom is -0.372 e. The van der Waals surface area contributed by atoms with E-state index in [2.05, 4.69) is 10.0 Å². The smallest absolute Gasteiger partial charge is 0.241 e. The van der Waals surface area contributed by atoms with Gasteiger partial charge in [-0.1, -0.05) is 6.07 Å². The molecule has 1 amide bonds. The summed E-state index contributed by atoms with van der Waals surface area (Å²) in [6, 6.07) is 4.83. The first-order valence-electron chi connectivity index (χ1n) is 6.69. The SMILES string of the molecule is NCCCNC(=O)CNS(=O)(=O)c1ccc2c(c1)COC2. The van der Waals surface area contributed by atoms with E-state index in [4.69, 9.17) is 10.5 Å². The van der Waals surface area contributed by atoms with Crippen LogP contribution in [-0.4, -0.2) is 34.0 Å². The fourth-order valence-corrected chi connectivity index (χ4v) is 2.98. The Labute approximate surface area is 123 Å². The van der Waals surface area contributed by atoms with Gasteiger partial charge >= 0.3 is 0 Å². The molecule has 21 heavy (non-hydrogen) atoms. The van der Waals surface area contributed by atoms with Gasteiger partial charge in [-0.05, 0) is 36.2 Å². The molecule has 1 aliphatic rings. The van der Waals surface area contributed by atoms with Crippen LogP contribution >= 0.6 is 0 Å². The van der Waals surface area contributed by atoms with Crippen molar-refractivity contribution in [2.75, 3.05) is 19.6 Å². The molecule has 0 aromatic heterocycles. The maximum atomic E-state index is 12.1. The van der Waals surface area contributed by atoms with Crippen LogP contribution in [0.15, 0.2) is 23.1 Å². The lowest BCUT2D eigenvalue weighted by Gasteiger charge is -2.08. The van der Waals surface area contributed by atoms with E-state index in [-0.39, 0.29) is 17.3 Å². The van der Waals surface area contributed by atoms with Crippen LogP contribution in [-0.2, 0) is 32.8 Å². The van der Waals surface area contributed by atoms with Crippen molar-refractivity contribution >= 4 is 15.9 Å². The molecule has 7 nitrogen and oxygen atoms in total. The van der Waals surface area contributed by atoms with E-state index in [0.29, 0.717) is 32.7 Å². The molecule has 1 aromatic rings. The standard InChI is InChI=1S/C13H19N3O4S/c14-4-1-5-15-13(17)7-16-21(18,19)12-3-2-10-8-20-9-11(10)6-12/h2-3,6,16H,1,4-5,7-9,14H2,(H,15,17). The Morgan fingerprint density at radius 2 is 2.05 bits per heavy atom. The van der Waals surface area contributed by atoms with Gasteiger partial charge in [-0.15, -0.1) is 0 Å². The monoisotopic (exact) mass is 313 g/mol. The van der Waals surface area contributed by atoms with Crippen molar-refractivity contribution in [2.24, 2.45) is 5.73 Å². The van der Waals surface area contributed by atoms with E-state index in [1.165, 1.54) is 6.07 Å². The highest BCUT2D eigenvalue weighted by atomic mass is 32.2. The van der Waals surface area contributed by atoms with Gasteiger partial charge in [-0.3, -0.25) is 4.79 Å². The zero-order valence-electron chi connectivity index (χ0n) is 11.6. The number of ether oxygens (including phenoxy) is 1. The van der Waals surface area contributed by atoms with Crippen LogP contribution in [0.4, 0.5) is 0 Å². The number of nitrogens with two attached hydrogens (primary N) is 1. The Kier molecular flexibility index (Phi) is 5.29. The van der Waals surface area contributed by atoms with Crippen molar-refractivity contribution in [1.82, 2.24) is 10.0 Å². The number of carbonyl (C=O) groups excluding carboxylic acids is 1. The molecule has 2 rings (SSSR count). The number of benzene rings is 1. The minimum atomic E-state index is -3.70. The van der Waals surface area contributed by atoms with Gasteiger partial charge in [0.25, 0.3) is 0 Å². The van der Waals surface area contributed by atoms with E-state index < -0.39 is 10.0 Å². The van der Waals surface area contributed by atoms with Crippen molar-refractivity contribution in [3.8, 4) is 0 Å². The maximum Gasteiger partial charge on any atom is 0.241 e. The zero-order valence-corrected chi connectivity index (χ0v) is 12.4. The van der Waals surface area contributed by atoms with Crippen molar-refractivity contribution in [1.29, 1.82) is 0 Å². The molecule has 0 spiro atoms. The van der Waals surface area contributed by atoms with Crippen LogP contribution in [0.2, 0.25) is 0 Å². The number of nitrogens with one attached hydrogen (secondary N) is 2. The van der Waals surface area contributed by atoms with Gasteiger partial charge in [0, 0.05) is 6.54 Å². The average Bonchev–Trinajstić information content (AvgIpc) is 2.93. The highest BCUT2D eigenvalue weighted by Crippen LogP contribution is 2.22. The van der Waals surface area contributed by atoms with Crippen LogP contribution in [0.3, 0.4) is 0 Å². The Morgan fingerprint density at radius 3 is 2.81 bits per heavy atom. The fraction of sp³-hybridized carbons (Fsp3) is 0.462. The summed E-state index contributed by atoms with van der Waals surface area (Å²) >= 11 is 0. The average molecular weight is 313 g/mol. The van der Waals surface area contributed by atoms with E-state index in [1.54, 1.807) is 12.1 Å². The molecule has 0 atom stereocenters. The predicted octanol–water partition coefficient (Wildman–Crippen LogP) is -0.540. The molecule has 116 valence electrons. The third-order valence-corrected chi connectivity index (χ3v) is 4.53. The van der Waals surface area contributed by atoms with Crippen molar-refractivity contribution < 1.29 is 17.9 Å². The highest BCUT2D eigenvalue weighted by Gasteiger charge is 2.19. The van der Waals surface area contributed by atoms with E-state index in [9.17, 15) is 13.2 Å². The topological polar surface area (TPSA) is 111 Å². The summed E-state index contributed by atoms with van der Waals surface area (Å²) in [5.41, 5.74) is 7.17. The first kappa shape index (κ1) is 15.9. The summed E-state index contributed by atoms with van der Waals surface area (Å²) in [6.07, 6.45) is 0.656. The van der Waals surface area contributed by atoms with Gasteiger partial charge in [-0.2, -0.15) is 0 Å². The molecule has 1 aliphatic heterocycles. The molecule has 0 saturated carbocycles. The summed E-state index contributed by atoms with van der Waals surface area (Å²) in [7, 11) is -3.70. The Hall–Kier alpha value is -1.48. The van der Waals surface area contributed by atoms with Crippen molar-refractivity contribution in [2.45, 2.75) is 24.5 Å². The molecule has 0 radical (unpaired) electrons. The van der Waals surface area contributed by atoms with Gasteiger partial charge < -0.3 is 15.8 Å². The lowest BCUT2D eigenvalue weighted by Crippen LogP contribution is -2.37. The summed E-state index contributed by atoms with van der Waals surface area (Å²) < 4.78 is 31.8. The molecule has 1 aromatic carbocycles. The second-order valence-electron chi connectivity index (χ2n) is 4.74. The summed E-state index contributed by atoms with van der Waals surface area (Å²) in [5.74, 6) is -0.378. The van der Waals surface area contributed by atoms with Gasteiger partial charge in [0.05, 0.1) is 24.7 Å². The zero-order chi connectivity index (χ0) is 15.3. The third-order valence-electron chi connectivity index (χ3n) is 3.13. The first-order valence-corrected chi connectivity index (χ1v) is 8.17. The normalized spacial score (nSPS) is 14.0. The van der Waals surface area contributed by atoms with Crippen LogP contribution in [0.25, 0.3) is 0 Å². The number of sulfonamides is 1. The number of carbonyl (C=O) groups is 1. The molecule has 0 aliphatic carbocycles. The molecule has 4 N–H and O–H groups in total. The van der Waals surface area contributed by atoms with E-state index >= 15 is 0 Å². The minimum absolute atomic E-state index is 0.140. The van der Waals surface area contributed by atoms with Crippen molar-refractivity contribution in [3.63, 3.8) is 0 Å². The predicted molar refractivity (Wildman–Crippen MR) is 76.8 cm³/mol. The van der Waals surface area contributed by atoms with Crippen LogP contribution in [0.5, 0.6) is 0 Å². The Bertz CT molecular complexity index is 616. The largest absolute Gasteiger partial charge is 0.372 e. The van der Waals surface area contributed by atoms with E-state index in [0.717, 1.165) is 11.1 Å². The number of fused-ring (bicyclic) bond motifs is 1. The summed E-state index contributed by atoms with van der Waals surface area (Å²) in [6.45, 7) is 1.54. The van der Waals surface area contributed by atoms with Crippen molar-refractivity contribution in [3.05, 3.63) is 29.3 Å². The van der Waals surface area contributed by atoms with Gasteiger partial charge in [0.15, 0.2) is 0 Å². The second kappa shape index (κ2) is 6.99. The Morgan fingerprint density at radius 1 is 1.29 bits per heavy atom.